The molecule has 2 N–H and O–H groups in total. The first-order valence-electron chi connectivity index (χ1n) is 11.1. The van der Waals surface area contributed by atoms with Gasteiger partial charge in [0.1, 0.15) is 17.4 Å². The minimum absolute atomic E-state index is 0.00816. The van der Waals surface area contributed by atoms with E-state index in [1.54, 1.807) is 6.07 Å². The molecule has 0 saturated heterocycles. The van der Waals surface area contributed by atoms with Gasteiger partial charge in [0.2, 0.25) is 11.8 Å². The van der Waals surface area contributed by atoms with Gasteiger partial charge in [-0.05, 0) is 62.4 Å². The second-order valence-corrected chi connectivity index (χ2v) is 9.92. The molecule has 11 heteroatoms. The number of carbonyl (C=O) groups is 1. The van der Waals surface area contributed by atoms with Gasteiger partial charge in [-0.3, -0.25) is 4.79 Å². The smallest absolute Gasteiger partial charge is 0.258 e. The molecule has 0 radical (unpaired) electrons. The van der Waals surface area contributed by atoms with Crippen molar-refractivity contribution in [1.29, 1.82) is 0 Å². The molecule has 3 aromatic rings. The number of hydrogen-bond acceptors (Lipinski definition) is 6. The number of aliphatic hydroxyl groups excluding tert-OH is 1. The highest BCUT2D eigenvalue weighted by molar-refractivity contribution is 6.31. The number of nitrogens with zero attached hydrogens (tertiary/aromatic N) is 2. The zero-order valence-corrected chi connectivity index (χ0v) is 19.9. The number of aliphatic hydroxyl groups is 1. The Morgan fingerprint density at radius 3 is 2.43 bits per heavy atom. The van der Waals surface area contributed by atoms with Crippen molar-refractivity contribution in [2.75, 3.05) is 6.61 Å². The molecule has 2 bridgehead atoms. The summed E-state index contributed by atoms with van der Waals surface area (Å²) in [6.45, 7) is -0.297. The quantitative estimate of drug-likeness (QED) is 0.480. The fraction of sp³-hybridized carbons (Fsp3) is 0.375. The fourth-order valence-electron chi connectivity index (χ4n) is 5.03. The van der Waals surface area contributed by atoms with Crippen LogP contribution in [0.5, 0.6) is 5.75 Å². The third-order valence-electron chi connectivity index (χ3n) is 7.00. The lowest BCUT2D eigenvalue weighted by atomic mass is 9.55. The highest BCUT2D eigenvalue weighted by atomic mass is 35.5. The van der Waals surface area contributed by atoms with Crippen molar-refractivity contribution in [2.24, 2.45) is 0 Å². The minimum Gasteiger partial charge on any atom is -0.484 e. The van der Waals surface area contributed by atoms with Crippen molar-refractivity contribution in [3.63, 3.8) is 0 Å². The molecule has 3 aliphatic carbocycles. The first kappa shape index (κ1) is 24.0. The normalized spacial score (nSPS) is 25.5. The maximum atomic E-state index is 13.8. The minimum atomic E-state index is -0.827. The van der Waals surface area contributed by atoms with Crippen molar-refractivity contribution in [2.45, 2.75) is 49.2 Å². The first-order chi connectivity index (χ1) is 16.7. The largest absolute Gasteiger partial charge is 0.484 e. The average Bonchev–Trinajstić information content (AvgIpc) is 3.33. The number of aromatic nitrogens is 2. The van der Waals surface area contributed by atoms with E-state index in [0.29, 0.717) is 43.6 Å². The van der Waals surface area contributed by atoms with Gasteiger partial charge in [-0.25, -0.2) is 8.78 Å². The lowest BCUT2D eigenvalue weighted by Crippen LogP contribution is -2.64. The predicted molar refractivity (Wildman–Crippen MR) is 123 cm³/mol. The molecule has 1 amide bonds. The second kappa shape index (κ2) is 9.04. The standard InChI is InChI=1S/C24H21Cl2F2N3O4/c25-15-3-1-13(9-17(15)27)21-30-31-22(35-21)24-7-5-23(6-8-24,11-19(24)32)29-20(33)12-34-14-2-4-16(26)18(28)10-14/h1-4,9-10,19,32H,5-8,11-12H2,(H,29,33)/t19-,23?,24?/m1/s1. The summed E-state index contributed by atoms with van der Waals surface area (Å²) < 4.78 is 38.7. The second-order valence-electron chi connectivity index (χ2n) is 9.11. The molecular formula is C24H21Cl2F2N3O4. The summed E-state index contributed by atoms with van der Waals surface area (Å²) in [5.41, 5.74) is -0.931. The Balaban J connectivity index is 1.24. The Morgan fingerprint density at radius 1 is 1.09 bits per heavy atom. The van der Waals surface area contributed by atoms with Crippen molar-refractivity contribution in [1.82, 2.24) is 15.5 Å². The van der Waals surface area contributed by atoms with Crippen LogP contribution in [0.15, 0.2) is 40.8 Å². The van der Waals surface area contributed by atoms with Crippen molar-refractivity contribution < 1.29 is 27.8 Å². The van der Waals surface area contributed by atoms with Crippen molar-refractivity contribution in [3.8, 4) is 17.2 Å². The van der Waals surface area contributed by atoms with Crippen molar-refractivity contribution in [3.05, 3.63) is 64.0 Å². The summed E-state index contributed by atoms with van der Waals surface area (Å²) in [7, 11) is 0. The van der Waals surface area contributed by atoms with Crippen LogP contribution in [0.25, 0.3) is 11.5 Å². The van der Waals surface area contributed by atoms with E-state index >= 15 is 0 Å². The molecule has 0 aliphatic heterocycles. The van der Waals surface area contributed by atoms with E-state index in [-0.39, 0.29) is 34.2 Å². The van der Waals surface area contributed by atoms with Crippen LogP contribution in [0.4, 0.5) is 8.78 Å². The zero-order valence-electron chi connectivity index (χ0n) is 18.4. The molecule has 1 aromatic heterocycles. The van der Waals surface area contributed by atoms with Gasteiger partial charge in [-0.15, -0.1) is 10.2 Å². The number of carbonyl (C=O) groups excluding carboxylic acids is 1. The molecule has 0 spiro atoms. The van der Waals surface area contributed by atoms with E-state index < -0.39 is 28.7 Å². The van der Waals surface area contributed by atoms with Gasteiger partial charge in [0.15, 0.2) is 6.61 Å². The third-order valence-corrected chi connectivity index (χ3v) is 7.62. The maximum absolute atomic E-state index is 13.8. The van der Waals surface area contributed by atoms with E-state index in [1.807, 2.05) is 0 Å². The molecular weight excluding hydrogens is 503 g/mol. The summed E-state index contributed by atoms with van der Waals surface area (Å²) >= 11 is 11.4. The van der Waals surface area contributed by atoms with Crippen LogP contribution >= 0.6 is 23.2 Å². The summed E-state index contributed by atoms with van der Waals surface area (Å²) in [6.07, 6.45) is 1.72. The number of hydrogen-bond donors (Lipinski definition) is 2. The number of fused-ring (bicyclic) bond motifs is 3. The summed E-state index contributed by atoms with van der Waals surface area (Å²) in [4.78, 5) is 12.6. The van der Waals surface area contributed by atoms with Gasteiger partial charge < -0.3 is 19.6 Å². The van der Waals surface area contributed by atoms with Gasteiger partial charge in [0.25, 0.3) is 5.91 Å². The van der Waals surface area contributed by atoms with Gasteiger partial charge in [-0.2, -0.15) is 0 Å². The molecule has 2 aromatic carbocycles. The van der Waals surface area contributed by atoms with Gasteiger partial charge in [-0.1, -0.05) is 23.2 Å². The van der Waals surface area contributed by atoms with Crippen molar-refractivity contribution >= 4 is 29.1 Å². The van der Waals surface area contributed by atoms with Crippen LogP contribution in [0, 0.1) is 11.6 Å². The molecule has 1 atom stereocenters. The highest BCUT2D eigenvalue weighted by Gasteiger charge is 2.58. The maximum Gasteiger partial charge on any atom is 0.258 e. The monoisotopic (exact) mass is 523 g/mol. The van der Waals surface area contributed by atoms with E-state index in [0.717, 1.165) is 6.07 Å². The van der Waals surface area contributed by atoms with Crippen LogP contribution in [-0.4, -0.2) is 39.5 Å². The number of amides is 1. The molecule has 3 fully saturated rings. The number of benzene rings is 2. The van der Waals surface area contributed by atoms with Crippen LogP contribution in [0.1, 0.15) is 38.0 Å². The SMILES string of the molecule is O=C(COc1ccc(Cl)c(F)c1)NC12CCC(c3nnc(-c4ccc(Cl)c(F)c4)o3)(CC1)[C@H](O)C2. The van der Waals surface area contributed by atoms with Gasteiger partial charge in [0.05, 0.1) is 21.6 Å². The average molecular weight is 524 g/mol. The lowest BCUT2D eigenvalue weighted by Gasteiger charge is -2.54. The van der Waals surface area contributed by atoms with Gasteiger partial charge in [0, 0.05) is 17.2 Å². The predicted octanol–water partition coefficient (Wildman–Crippen LogP) is 4.83. The number of halogens is 4. The fourth-order valence-corrected chi connectivity index (χ4v) is 5.26. The topological polar surface area (TPSA) is 97.5 Å². The van der Waals surface area contributed by atoms with E-state index in [4.69, 9.17) is 32.4 Å². The molecule has 0 unspecified atom stereocenters. The first-order valence-corrected chi connectivity index (χ1v) is 11.8. The third kappa shape index (κ3) is 4.48. The van der Waals surface area contributed by atoms with Crippen LogP contribution < -0.4 is 10.1 Å². The lowest BCUT2D eigenvalue weighted by molar-refractivity contribution is -0.129. The Bertz CT molecular complexity index is 1280. The van der Waals surface area contributed by atoms with Gasteiger partial charge >= 0.3 is 0 Å². The Kier molecular flexibility index (Phi) is 6.19. The Morgan fingerprint density at radius 2 is 1.77 bits per heavy atom. The molecule has 184 valence electrons. The number of rotatable bonds is 6. The number of ether oxygens (including phenoxy) is 1. The number of nitrogens with one attached hydrogen (secondary N) is 1. The van der Waals surface area contributed by atoms with Crippen LogP contribution in [0.2, 0.25) is 10.0 Å². The summed E-state index contributed by atoms with van der Waals surface area (Å²) in [6, 6.07) is 8.16. The van der Waals surface area contributed by atoms with E-state index in [2.05, 4.69) is 15.5 Å². The molecule has 3 saturated carbocycles. The summed E-state index contributed by atoms with van der Waals surface area (Å²) in [5.74, 6) is -0.965. The Hall–Kier alpha value is -2.75. The van der Waals surface area contributed by atoms with E-state index in [1.165, 1.54) is 24.3 Å². The molecule has 6 rings (SSSR count). The summed E-state index contributed by atoms with van der Waals surface area (Å²) in [5, 5.41) is 22.2. The van der Waals surface area contributed by atoms with Crippen LogP contribution in [0.3, 0.4) is 0 Å². The molecule has 1 heterocycles. The molecule has 3 aliphatic rings. The Labute approximate surface area is 209 Å². The highest BCUT2D eigenvalue weighted by Crippen LogP contribution is 2.53. The van der Waals surface area contributed by atoms with Crippen LogP contribution in [-0.2, 0) is 10.2 Å². The van der Waals surface area contributed by atoms with E-state index in [9.17, 15) is 18.7 Å². The molecule has 35 heavy (non-hydrogen) atoms. The molecule has 7 nitrogen and oxygen atoms in total. The zero-order chi connectivity index (χ0) is 24.8.